The number of carboxylic acids is 1. The Labute approximate surface area is 110 Å². The van der Waals surface area contributed by atoms with Crippen LogP contribution in [0.4, 0.5) is 5.69 Å². The van der Waals surface area contributed by atoms with Crippen molar-refractivity contribution in [3.63, 3.8) is 0 Å². The fourth-order valence-electron chi connectivity index (χ4n) is 2.56. The summed E-state index contributed by atoms with van der Waals surface area (Å²) in [6.07, 6.45) is 4.13. The van der Waals surface area contributed by atoms with Crippen molar-refractivity contribution < 1.29 is 9.90 Å². The second kappa shape index (κ2) is 4.19. The molecule has 0 radical (unpaired) electrons. The van der Waals surface area contributed by atoms with Gasteiger partial charge in [0.1, 0.15) is 5.52 Å². The maximum atomic E-state index is 11.3. The SMILES string of the molecule is CC1(C(=O)O)CCN(c2ccnc3cccnc23)C1. The van der Waals surface area contributed by atoms with Crippen LogP contribution in [0, 0.1) is 5.41 Å². The van der Waals surface area contributed by atoms with Gasteiger partial charge in [0, 0.05) is 25.5 Å². The third-order valence-electron chi connectivity index (χ3n) is 3.81. The lowest BCUT2D eigenvalue weighted by molar-refractivity contribution is -0.146. The first-order valence-corrected chi connectivity index (χ1v) is 6.28. The van der Waals surface area contributed by atoms with Crippen molar-refractivity contribution in [3.8, 4) is 0 Å². The number of hydrogen-bond acceptors (Lipinski definition) is 4. The molecule has 1 saturated heterocycles. The van der Waals surface area contributed by atoms with E-state index in [1.807, 2.05) is 18.2 Å². The van der Waals surface area contributed by atoms with Crippen molar-refractivity contribution in [1.29, 1.82) is 0 Å². The molecule has 1 N–H and O–H groups in total. The Morgan fingerprint density at radius 3 is 2.95 bits per heavy atom. The van der Waals surface area contributed by atoms with E-state index in [1.54, 1.807) is 19.3 Å². The average molecular weight is 257 g/mol. The number of anilines is 1. The minimum Gasteiger partial charge on any atom is -0.481 e. The van der Waals surface area contributed by atoms with Crippen molar-refractivity contribution in [2.24, 2.45) is 5.41 Å². The zero-order chi connectivity index (χ0) is 13.5. The summed E-state index contributed by atoms with van der Waals surface area (Å²) in [6, 6.07) is 5.67. The van der Waals surface area contributed by atoms with Gasteiger partial charge in [-0.2, -0.15) is 0 Å². The summed E-state index contributed by atoms with van der Waals surface area (Å²) in [5.41, 5.74) is 1.96. The van der Waals surface area contributed by atoms with E-state index in [2.05, 4.69) is 14.9 Å². The van der Waals surface area contributed by atoms with Crippen LogP contribution in [-0.2, 0) is 4.79 Å². The number of rotatable bonds is 2. The van der Waals surface area contributed by atoms with Gasteiger partial charge < -0.3 is 10.0 Å². The molecule has 5 heteroatoms. The van der Waals surface area contributed by atoms with Crippen LogP contribution in [0.2, 0.25) is 0 Å². The predicted octanol–water partition coefficient (Wildman–Crippen LogP) is 1.93. The lowest BCUT2D eigenvalue weighted by Gasteiger charge is -2.22. The normalized spacial score (nSPS) is 22.9. The zero-order valence-corrected chi connectivity index (χ0v) is 10.7. The second-order valence-electron chi connectivity index (χ2n) is 5.24. The van der Waals surface area contributed by atoms with E-state index in [0.29, 0.717) is 13.0 Å². The third kappa shape index (κ3) is 1.91. The van der Waals surface area contributed by atoms with Crippen LogP contribution >= 0.6 is 0 Å². The van der Waals surface area contributed by atoms with Crippen LogP contribution in [0.3, 0.4) is 0 Å². The van der Waals surface area contributed by atoms with Gasteiger partial charge in [-0.25, -0.2) is 0 Å². The highest BCUT2D eigenvalue weighted by Gasteiger charge is 2.40. The van der Waals surface area contributed by atoms with Gasteiger partial charge in [0.15, 0.2) is 0 Å². The van der Waals surface area contributed by atoms with Crippen molar-refractivity contribution >= 4 is 22.7 Å². The van der Waals surface area contributed by atoms with Crippen LogP contribution in [0.1, 0.15) is 13.3 Å². The molecule has 5 nitrogen and oxygen atoms in total. The maximum Gasteiger partial charge on any atom is 0.311 e. The molecule has 0 aliphatic carbocycles. The maximum absolute atomic E-state index is 11.3. The molecule has 0 aromatic carbocycles. The Balaban J connectivity index is 2.01. The van der Waals surface area contributed by atoms with E-state index in [1.165, 1.54) is 0 Å². The smallest absolute Gasteiger partial charge is 0.311 e. The third-order valence-corrected chi connectivity index (χ3v) is 3.81. The van der Waals surface area contributed by atoms with Gasteiger partial charge >= 0.3 is 5.97 Å². The second-order valence-corrected chi connectivity index (χ2v) is 5.24. The number of carboxylic acid groups (broad SMARTS) is 1. The van der Waals surface area contributed by atoms with E-state index >= 15 is 0 Å². The topological polar surface area (TPSA) is 66.3 Å². The summed E-state index contributed by atoms with van der Waals surface area (Å²) >= 11 is 0. The van der Waals surface area contributed by atoms with Crippen molar-refractivity contribution in [1.82, 2.24) is 9.97 Å². The lowest BCUT2D eigenvalue weighted by atomic mass is 9.90. The van der Waals surface area contributed by atoms with Crippen LogP contribution in [-0.4, -0.2) is 34.1 Å². The molecule has 0 spiro atoms. The minimum absolute atomic E-state index is 0.512. The first-order chi connectivity index (χ1) is 9.10. The summed E-state index contributed by atoms with van der Waals surface area (Å²) in [5, 5.41) is 9.30. The molecule has 1 aliphatic rings. The highest BCUT2D eigenvalue weighted by molar-refractivity contribution is 5.88. The molecule has 1 atom stereocenters. The highest BCUT2D eigenvalue weighted by atomic mass is 16.4. The van der Waals surface area contributed by atoms with Gasteiger partial charge in [-0.1, -0.05) is 0 Å². The Kier molecular flexibility index (Phi) is 2.62. The van der Waals surface area contributed by atoms with Crippen molar-refractivity contribution in [2.45, 2.75) is 13.3 Å². The molecular formula is C14H15N3O2. The molecule has 2 aromatic heterocycles. The Bertz CT molecular complexity index is 638. The summed E-state index contributed by atoms with van der Waals surface area (Å²) < 4.78 is 0. The van der Waals surface area contributed by atoms with Gasteiger partial charge in [-0.3, -0.25) is 14.8 Å². The molecule has 3 heterocycles. The van der Waals surface area contributed by atoms with Gasteiger partial charge in [-0.05, 0) is 31.5 Å². The molecule has 0 bridgehead atoms. The molecule has 3 rings (SSSR count). The largest absolute Gasteiger partial charge is 0.481 e. The quantitative estimate of drug-likeness (QED) is 0.890. The minimum atomic E-state index is -0.735. The van der Waals surface area contributed by atoms with Crippen LogP contribution in [0.5, 0.6) is 0 Å². The Morgan fingerprint density at radius 1 is 1.37 bits per heavy atom. The molecular weight excluding hydrogens is 242 g/mol. The predicted molar refractivity (Wildman–Crippen MR) is 72.1 cm³/mol. The van der Waals surface area contributed by atoms with E-state index < -0.39 is 11.4 Å². The number of fused-ring (bicyclic) bond motifs is 1. The molecule has 0 saturated carbocycles. The lowest BCUT2D eigenvalue weighted by Crippen LogP contribution is -2.31. The first kappa shape index (κ1) is 11.9. The Morgan fingerprint density at radius 2 is 2.21 bits per heavy atom. The summed E-state index contributed by atoms with van der Waals surface area (Å²) in [6.45, 7) is 3.04. The van der Waals surface area contributed by atoms with Crippen molar-refractivity contribution in [2.75, 3.05) is 18.0 Å². The molecule has 0 amide bonds. The standard InChI is InChI=1S/C14H15N3O2/c1-14(13(18)19)5-8-17(9-14)11-4-7-15-10-3-2-6-16-12(10)11/h2-4,6-7H,5,8-9H2,1H3,(H,18,19). The highest BCUT2D eigenvalue weighted by Crippen LogP contribution is 2.35. The number of pyridine rings is 2. The van der Waals surface area contributed by atoms with Gasteiger partial charge in [-0.15, -0.1) is 0 Å². The molecule has 1 aliphatic heterocycles. The summed E-state index contributed by atoms with van der Waals surface area (Å²) in [4.78, 5) is 22.0. The average Bonchev–Trinajstić information content (AvgIpc) is 2.82. The zero-order valence-electron chi connectivity index (χ0n) is 10.7. The molecule has 2 aromatic rings. The van der Waals surface area contributed by atoms with Gasteiger partial charge in [0.2, 0.25) is 0 Å². The van der Waals surface area contributed by atoms with Crippen LogP contribution < -0.4 is 4.90 Å². The van der Waals surface area contributed by atoms with Crippen molar-refractivity contribution in [3.05, 3.63) is 30.6 Å². The summed E-state index contributed by atoms with van der Waals surface area (Å²) in [7, 11) is 0. The number of hydrogen-bond donors (Lipinski definition) is 1. The monoisotopic (exact) mass is 257 g/mol. The number of carbonyl (C=O) groups is 1. The molecule has 1 fully saturated rings. The van der Waals surface area contributed by atoms with E-state index in [0.717, 1.165) is 23.3 Å². The van der Waals surface area contributed by atoms with E-state index in [4.69, 9.17) is 0 Å². The Hall–Kier alpha value is -2.17. The van der Waals surface area contributed by atoms with Crippen LogP contribution in [0.15, 0.2) is 30.6 Å². The van der Waals surface area contributed by atoms with E-state index in [9.17, 15) is 9.90 Å². The van der Waals surface area contributed by atoms with Gasteiger partial charge in [0.05, 0.1) is 16.6 Å². The fraction of sp³-hybridized carbons (Fsp3) is 0.357. The molecule has 98 valence electrons. The number of nitrogens with zero attached hydrogens (tertiary/aromatic N) is 3. The van der Waals surface area contributed by atoms with Crippen LogP contribution in [0.25, 0.3) is 11.0 Å². The van der Waals surface area contributed by atoms with Gasteiger partial charge in [0.25, 0.3) is 0 Å². The van der Waals surface area contributed by atoms with E-state index in [-0.39, 0.29) is 0 Å². The number of aromatic nitrogens is 2. The summed E-state index contributed by atoms with van der Waals surface area (Å²) in [5.74, 6) is -0.735. The first-order valence-electron chi connectivity index (χ1n) is 6.28. The molecule has 1 unspecified atom stereocenters. The number of aliphatic carboxylic acids is 1. The molecule has 19 heavy (non-hydrogen) atoms. The fourth-order valence-corrected chi connectivity index (χ4v) is 2.56.